The van der Waals surface area contributed by atoms with E-state index in [0.29, 0.717) is 15.8 Å². The predicted octanol–water partition coefficient (Wildman–Crippen LogP) is 5.65. The summed E-state index contributed by atoms with van der Waals surface area (Å²) in [4.78, 5) is 24.9. The Labute approximate surface area is 167 Å². The van der Waals surface area contributed by atoms with Crippen LogP contribution in [0.25, 0.3) is 0 Å². The molecule has 0 aliphatic carbocycles. The average molecular weight is 476 g/mol. The van der Waals surface area contributed by atoms with Gasteiger partial charge < -0.3 is 9.47 Å². The van der Waals surface area contributed by atoms with Crippen molar-refractivity contribution in [3.05, 3.63) is 92.9 Å². The first-order valence-corrected chi connectivity index (χ1v) is 9.16. The highest BCUT2D eigenvalue weighted by atomic mass is 79.9. The van der Waals surface area contributed by atoms with E-state index in [1.54, 1.807) is 66.7 Å². The van der Waals surface area contributed by atoms with Crippen LogP contribution in [0.15, 0.2) is 81.7 Å². The summed E-state index contributed by atoms with van der Waals surface area (Å²) in [6.45, 7) is 0. The second-order valence-corrected chi connectivity index (χ2v) is 6.98. The zero-order chi connectivity index (χ0) is 18.5. The minimum atomic E-state index is -0.604. The van der Waals surface area contributed by atoms with Crippen molar-refractivity contribution < 1.29 is 19.1 Å². The van der Waals surface area contributed by atoms with Crippen molar-refractivity contribution in [2.75, 3.05) is 0 Å². The van der Waals surface area contributed by atoms with Crippen LogP contribution in [0.1, 0.15) is 20.7 Å². The summed E-state index contributed by atoms with van der Waals surface area (Å²) in [7, 11) is 0. The Bertz CT molecular complexity index is 955. The second-order valence-electron chi connectivity index (χ2n) is 5.21. The molecule has 26 heavy (non-hydrogen) atoms. The van der Waals surface area contributed by atoms with Crippen molar-refractivity contribution >= 4 is 43.8 Å². The van der Waals surface area contributed by atoms with Crippen LogP contribution in [0.3, 0.4) is 0 Å². The highest BCUT2D eigenvalue weighted by Gasteiger charge is 2.19. The molecule has 3 aromatic rings. The number of esters is 2. The van der Waals surface area contributed by atoms with Gasteiger partial charge in [0.25, 0.3) is 0 Å². The Morgan fingerprint density at radius 3 is 2.12 bits per heavy atom. The van der Waals surface area contributed by atoms with E-state index >= 15 is 0 Å². The van der Waals surface area contributed by atoms with Crippen molar-refractivity contribution in [1.29, 1.82) is 0 Å². The lowest BCUT2D eigenvalue weighted by atomic mass is 10.2. The van der Waals surface area contributed by atoms with Crippen LogP contribution >= 0.6 is 31.9 Å². The SMILES string of the molecule is O=C(Oc1ccccc1C(=O)Oc1ccccc1)c1cc(Br)ccc1Br. The number of para-hydroxylation sites is 2. The minimum absolute atomic E-state index is 0.130. The minimum Gasteiger partial charge on any atom is -0.423 e. The quantitative estimate of drug-likeness (QED) is 0.361. The van der Waals surface area contributed by atoms with Crippen LogP contribution in [0.4, 0.5) is 0 Å². The van der Waals surface area contributed by atoms with Crippen molar-refractivity contribution in [3.63, 3.8) is 0 Å². The average Bonchev–Trinajstić information content (AvgIpc) is 2.65. The van der Waals surface area contributed by atoms with E-state index < -0.39 is 11.9 Å². The summed E-state index contributed by atoms with van der Waals surface area (Å²) in [6.07, 6.45) is 0. The summed E-state index contributed by atoms with van der Waals surface area (Å²) in [6, 6.07) is 20.3. The third-order valence-corrected chi connectivity index (χ3v) is 4.60. The zero-order valence-corrected chi connectivity index (χ0v) is 16.5. The zero-order valence-electron chi connectivity index (χ0n) is 13.3. The van der Waals surface area contributed by atoms with Gasteiger partial charge in [-0.3, -0.25) is 0 Å². The van der Waals surface area contributed by atoms with Crippen LogP contribution in [-0.2, 0) is 0 Å². The third kappa shape index (κ3) is 4.39. The normalized spacial score (nSPS) is 10.2. The second kappa shape index (κ2) is 8.29. The Morgan fingerprint density at radius 2 is 1.35 bits per heavy atom. The molecule has 0 heterocycles. The lowest BCUT2D eigenvalue weighted by Crippen LogP contribution is -2.15. The number of halogens is 2. The van der Waals surface area contributed by atoms with Crippen LogP contribution in [0.2, 0.25) is 0 Å². The van der Waals surface area contributed by atoms with Gasteiger partial charge >= 0.3 is 11.9 Å². The predicted molar refractivity (Wildman–Crippen MR) is 105 cm³/mol. The van der Waals surface area contributed by atoms with E-state index in [0.717, 1.165) is 4.47 Å². The summed E-state index contributed by atoms with van der Waals surface area (Å²) < 4.78 is 12.1. The molecular weight excluding hydrogens is 464 g/mol. The van der Waals surface area contributed by atoms with E-state index in [1.165, 1.54) is 0 Å². The fourth-order valence-electron chi connectivity index (χ4n) is 2.18. The number of ether oxygens (including phenoxy) is 2. The van der Waals surface area contributed by atoms with Crippen LogP contribution in [0.5, 0.6) is 11.5 Å². The standard InChI is InChI=1S/C20H12Br2O4/c21-13-10-11-17(22)16(12-13)20(24)26-18-9-5-4-8-15(18)19(23)25-14-6-2-1-3-7-14/h1-12H. The number of carbonyl (C=O) groups excluding carboxylic acids is 2. The van der Waals surface area contributed by atoms with Crippen LogP contribution in [-0.4, -0.2) is 11.9 Å². The molecule has 0 saturated carbocycles. The largest absolute Gasteiger partial charge is 0.423 e. The van der Waals surface area contributed by atoms with Gasteiger partial charge in [-0.1, -0.05) is 46.3 Å². The lowest BCUT2D eigenvalue weighted by molar-refractivity contribution is 0.0706. The van der Waals surface area contributed by atoms with Crippen molar-refractivity contribution in [3.8, 4) is 11.5 Å². The van der Waals surface area contributed by atoms with Crippen molar-refractivity contribution in [1.82, 2.24) is 0 Å². The number of carbonyl (C=O) groups is 2. The van der Waals surface area contributed by atoms with E-state index in [1.807, 2.05) is 6.07 Å². The van der Waals surface area contributed by atoms with E-state index in [-0.39, 0.29) is 11.3 Å². The third-order valence-electron chi connectivity index (χ3n) is 3.41. The highest BCUT2D eigenvalue weighted by molar-refractivity contribution is 9.11. The van der Waals surface area contributed by atoms with E-state index in [9.17, 15) is 9.59 Å². The lowest BCUT2D eigenvalue weighted by Gasteiger charge is -2.11. The van der Waals surface area contributed by atoms with E-state index in [4.69, 9.17) is 9.47 Å². The van der Waals surface area contributed by atoms with Gasteiger partial charge in [-0.05, 0) is 58.4 Å². The molecule has 0 N–H and O–H groups in total. The molecule has 3 aromatic carbocycles. The maximum absolute atomic E-state index is 12.5. The first-order chi connectivity index (χ1) is 12.5. The molecule has 0 spiro atoms. The molecule has 130 valence electrons. The molecular formula is C20H12Br2O4. The molecule has 0 aliphatic rings. The molecule has 0 atom stereocenters. The Morgan fingerprint density at radius 1 is 0.692 bits per heavy atom. The van der Waals surface area contributed by atoms with Gasteiger partial charge in [0.2, 0.25) is 0 Å². The summed E-state index contributed by atoms with van der Waals surface area (Å²) in [5.74, 6) is -0.648. The highest BCUT2D eigenvalue weighted by Crippen LogP contribution is 2.25. The molecule has 0 radical (unpaired) electrons. The molecule has 0 aliphatic heterocycles. The summed E-state index contributed by atoms with van der Waals surface area (Å²) in [5, 5.41) is 0. The Kier molecular flexibility index (Phi) is 5.85. The molecule has 0 amide bonds. The number of hydrogen-bond donors (Lipinski definition) is 0. The monoisotopic (exact) mass is 474 g/mol. The van der Waals surface area contributed by atoms with Gasteiger partial charge in [-0.25, -0.2) is 9.59 Å². The van der Waals surface area contributed by atoms with Gasteiger partial charge in [0.15, 0.2) is 0 Å². The van der Waals surface area contributed by atoms with Gasteiger partial charge in [0.1, 0.15) is 17.1 Å². The van der Waals surface area contributed by atoms with Crippen molar-refractivity contribution in [2.45, 2.75) is 0 Å². The summed E-state index contributed by atoms with van der Waals surface area (Å²) >= 11 is 6.64. The number of hydrogen-bond acceptors (Lipinski definition) is 4. The fraction of sp³-hybridized carbons (Fsp3) is 0. The van der Waals surface area contributed by atoms with Crippen LogP contribution in [0, 0.1) is 0 Å². The van der Waals surface area contributed by atoms with E-state index in [2.05, 4.69) is 31.9 Å². The molecule has 0 aromatic heterocycles. The molecule has 0 bridgehead atoms. The first kappa shape index (κ1) is 18.4. The maximum atomic E-state index is 12.5. The van der Waals surface area contributed by atoms with Gasteiger partial charge in [-0.15, -0.1) is 0 Å². The molecule has 0 saturated heterocycles. The number of benzene rings is 3. The Balaban J connectivity index is 1.84. The van der Waals surface area contributed by atoms with Gasteiger partial charge in [-0.2, -0.15) is 0 Å². The van der Waals surface area contributed by atoms with Crippen molar-refractivity contribution in [2.24, 2.45) is 0 Å². The maximum Gasteiger partial charge on any atom is 0.347 e. The van der Waals surface area contributed by atoms with Gasteiger partial charge in [0, 0.05) is 8.95 Å². The number of rotatable bonds is 4. The smallest absolute Gasteiger partial charge is 0.347 e. The molecule has 0 fully saturated rings. The Hall–Kier alpha value is -2.44. The summed E-state index contributed by atoms with van der Waals surface area (Å²) in [5.41, 5.74) is 0.501. The fourth-order valence-corrected chi connectivity index (χ4v) is 2.95. The van der Waals surface area contributed by atoms with Crippen LogP contribution < -0.4 is 9.47 Å². The molecule has 3 rings (SSSR count). The topological polar surface area (TPSA) is 52.6 Å². The first-order valence-electron chi connectivity index (χ1n) is 7.58. The molecule has 4 nitrogen and oxygen atoms in total. The molecule has 6 heteroatoms. The molecule has 0 unspecified atom stereocenters. The van der Waals surface area contributed by atoms with Gasteiger partial charge in [0.05, 0.1) is 5.56 Å².